The molecule has 4 heteroatoms. The van der Waals surface area contributed by atoms with E-state index in [0.29, 0.717) is 26.9 Å². The van der Waals surface area contributed by atoms with E-state index in [4.69, 9.17) is 28.5 Å². The Hall–Kier alpha value is -1.82. The molecule has 0 amide bonds. The lowest BCUT2D eigenvalue weighted by Gasteiger charge is -2.02. The minimum Gasteiger partial charge on any atom is -0.256 e. The number of nitrogens with zero attached hydrogens (tertiary/aromatic N) is 2. The Kier molecular flexibility index (Phi) is 3.99. The third-order valence-corrected chi connectivity index (χ3v) is 3.18. The van der Waals surface area contributed by atoms with Crippen molar-refractivity contribution < 1.29 is 0 Å². The van der Waals surface area contributed by atoms with Crippen LogP contribution in [0, 0.1) is 11.3 Å². The van der Waals surface area contributed by atoms with Gasteiger partial charge in [-0.2, -0.15) is 5.26 Å². The number of aromatic nitrogens is 1. The third-order valence-electron chi connectivity index (χ3n) is 2.34. The zero-order valence-electron chi connectivity index (χ0n) is 9.27. The Balaban J connectivity index is 2.49. The zero-order chi connectivity index (χ0) is 13.0. The molecule has 18 heavy (non-hydrogen) atoms. The number of hydrogen-bond donors (Lipinski definition) is 0. The number of rotatable bonds is 2. The van der Waals surface area contributed by atoms with Crippen LogP contribution in [0.3, 0.4) is 0 Å². The summed E-state index contributed by atoms with van der Waals surface area (Å²) in [5.74, 6) is 0. The van der Waals surface area contributed by atoms with Gasteiger partial charge in [-0.15, -0.1) is 0 Å². The Morgan fingerprint density at radius 3 is 2.67 bits per heavy atom. The van der Waals surface area contributed by atoms with Gasteiger partial charge < -0.3 is 0 Å². The summed E-state index contributed by atoms with van der Waals surface area (Å²) in [5.41, 5.74) is 1.75. The fraction of sp³-hybridized carbons (Fsp3) is 0. The van der Waals surface area contributed by atoms with Gasteiger partial charge in [0.2, 0.25) is 0 Å². The molecule has 0 radical (unpaired) electrons. The smallest absolute Gasteiger partial charge is 0.101 e. The van der Waals surface area contributed by atoms with Crippen molar-refractivity contribution in [3.05, 3.63) is 63.9 Å². The van der Waals surface area contributed by atoms with E-state index in [2.05, 4.69) is 11.1 Å². The van der Waals surface area contributed by atoms with Crippen LogP contribution in [0.25, 0.3) is 11.6 Å². The van der Waals surface area contributed by atoms with Crippen molar-refractivity contribution in [2.45, 2.75) is 0 Å². The fourth-order valence-electron chi connectivity index (χ4n) is 1.47. The highest BCUT2D eigenvalue weighted by molar-refractivity contribution is 6.43. The summed E-state index contributed by atoms with van der Waals surface area (Å²) < 4.78 is 0. The van der Waals surface area contributed by atoms with E-state index in [0.717, 1.165) is 0 Å². The molecule has 0 aliphatic carbocycles. The molecule has 0 N–H and O–H groups in total. The van der Waals surface area contributed by atoms with E-state index >= 15 is 0 Å². The van der Waals surface area contributed by atoms with Gasteiger partial charge in [0.1, 0.15) is 6.07 Å². The molecule has 0 saturated heterocycles. The maximum atomic E-state index is 9.17. The normalized spacial score (nSPS) is 11.1. The summed E-state index contributed by atoms with van der Waals surface area (Å²) in [6, 6.07) is 12.8. The Bertz CT molecular complexity index is 628. The molecule has 0 bridgehead atoms. The number of nitriles is 1. The lowest BCUT2D eigenvalue weighted by molar-refractivity contribution is 1.28. The number of allylic oxidation sites excluding steroid dienone is 1. The first-order valence-corrected chi connectivity index (χ1v) is 5.95. The van der Waals surface area contributed by atoms with E-state index in [-0.39, 0.29) is 0 Å². The van der Waals surface area contributed by atoms with Crippen LogP contribution in [0.2, 0.25) is 10.0 Å². The monoisotopic (exact) mass is 274 g/mol. The molecular formula is C14H8Cl2N2. The average Bonchev–Trinajstić information content (AvgIpc) is 2.41. The summed E-state index contributed by atoms with van der Waals surface area (Å²) in [6.45, 7) is 0. The minimum absolute atomic E-state index is 0.433. The van der Waals surface area contributed by atoms with Gasteiger partial charge in [-0.05, 0) is 29.8 Å². The third kappa shape index (κ3) is 2.70. The van der Waals surface area contributed by atoms with Crippen molar-refractivity contribution >= 4 is 34.9 Å². The first-order chi connectivity index (χ1) is 8.72. The molecule has 0 saturated carbocycles. The van der Waals surface area contributed by atoms with Crippen LogP contribution in [0.15, 0.2) is 42.6 Å². The van der Waals surface area contributed by atoms with Crippen molar-refractivity contribution in [3.8, 4) is 6.07 Å². The molecule has 2 aromatic rings. The molecule has 0 aliphatic heterocycles. The molecule has 0 spiro atoms. The predicted octanol–water partition coefficient (Wildman–Crippen LogP) is 4.45. The van der Waals surface area contributed by atoms with E-state index in [1.54, 1.807) is 42.6 Å². The summed E-state index contributed by atoms with van der Waals surface area (Å²) >= 11 is 12.0. The molecular weight excluding hydrogens is 267 g/mol. The predicted molar refractivity (Wildman–Crippen MR) is 74.2 cm³/mol. The van der Waals surface area contributed by atoms with Crippen LogP contribution in [-0.4, -0.2) is 4.98 Å². The van der Waals surface area contributed by atoms with Gasteiger partial charge in [0.05, 0.1) is 21.3 Å². The maximum Gasteiger partial charge on any atom is 0.101 e. The number of pyridine rings is 1. The van der Waals surface area contributed by atoms with Gasteiger partial charge in [-0.1, -0.05) is 41.4 Å². The lowest BCUT2D eigenvalue weighted by atomic mass is 10.1. The largest absolute Gasteiger partial charge is 0.256 e. The van der Waals surface area contributed by atoms with Crippen LogP contribution in [-0.2, 0) is 0 Å². The molecule has 1 aromatic heterocycles. The van der Waals surface area contributed by atoms with Gasteiger partial charge in [-0.25, -0.2) is 0 Å². The van der Waals surface area contributed by atoms with Gasteiger partial charge in [-0.3, -0.25) is 4.98 Å². The standard InChI is InChI=1S/C14H8Cl2N2/c15-12-5-3-4-10(14(12)16)8-11(9-17)13-6-1-2-7-18-13/h1-8H. The van der Waals surface area contributed by atoms with Gasteiger partial charge in [0.15, 0.2) is 0 Å². The zero-order valence-corrected chi connectivity index (χ0v) is 10.8. The molecule has 0 atom stereocenters. The first kappa shape index (κ1) is 12.6. The molecule has 0 aliphatic rings. The second-order valence-corrected chi connectivity index (χ2v) is 4.31. The molecule has 0 unspecified atom stereocenters. The highest BCUT2D eigenvalue weighted by Crippen LogP contribution is 2.28. The Labute approximate surface area is 115 Å². The lowest BCUT2D eigenvalue weighted by Crippen LogP contribution is -1.86. The molecule has 1 heterocycles. The minimum atomic E-state index is 0.433. The van der Waals surface area contributed by atoms with Crippen molar-refractivity contribution in [2.24, 2.45) is 0 Å². The summed E-state index contributed by atoms with van der Waals surface area (Å²) in [5, 5.41) is 10.1. The summed E-state index contributed by atoms with van der Waals surface area (Å²) in [7, 11) is 0. The van der Waals surface area contributed by atoms with E-state index < -0.39 is 0 Å². The van der Waals surface area contributed by atoms with Crippen molar-refractivity contribution in [1.82, 2.24) is 4.98 Å². The van der Waals surface area contributed by atoms with Gasteiger partial charge in [0, 0.05) is 6.20 Å². The van der Waals surface area contributed by atoms with Crippen LogP contribution in [0.4, 0.5) is 0 Å². The van der Waals surface area contributed by atoms with E-state index in [9.17, 15) is 0 Å². The molecule has 0 fully saturated rings. The number of hydrogen-bond acceptors (Lipinski definition) is 2. The van der Waals surface area contributed by atoms with Crippen molar-refractivity contribution in [3.63, 3.8) is 0 Å². The fourth-order valence-corrected chi connectivity index (χ4v) is 1.84. The summed E-state index contributed by atoms with van der Waals surface area (Å²) in [6.07, 6.45) is 3.32. The van der Waals surface area contributed by atoms with E-state index in [1.807, 2.05) is 6.07 Å². The van der Waals surface area contributed by atoms with Crippen molar-refractivity contribution in [2.75, 3.05) is 0 Å². The maximum absolute atomic E-state index is 9.17. The van der Waals surface area contributed by atoms with Crippen molar-refractivity contribution in [1.29, 1.82) is 5.26 Å². The topological polar surface area (TPSA) is 36.7 Å². The molecule has 2 nitrogen and oxygen atoms in total. The van der Waals surface area contributed by atoms with Crippen LogP contribution in [0.1, 0.15) is 11.3 Å². The molecule has 1 aromatic carbocycles. The van der Waals surface area contributed by atoms with E-state index in [1.165, 1.54) is 0 Å². The second-order valence-electron chi connectivity index (χ2n) is 3.53. The quantitative estimate of drug-likeness (QED) is 0.759. The number of halogens is 2. The van der Waals surface area contributed by atoms with Crippen LogP contribution < -0.4 is 0 Å². The second kappa shape index (κ2) is 5.68. The highest BCUT2D eigenvalue weighted by atomic mass is 35.5. The Morgan fingerprint density at radius 2 is 2.00 bits per heavy atom. The Morgan fingerprint density at radius 1 is 1.17 bits per heavy atom. The summed E-state index contributed by atoms with van der Waals surface area (Å²) in [4.78, 5) is 4.13. The first-order valence-electron chi connectivity index (χ1n) is 5.19. The van der Waals surface area contributed by atoms with Gasteiger partial charge in [0.25, 0.3) is 0 Å². The molecule has 88 valence electrons. The molecule has 2 rings (SSSR count). The average molecular weight is 275 g/mol. The van der Waals surface area contributed by atoms with Crippen LogP contribution in [0.5, 0.6) is 0 Å². The van der Waals surface area contributed by atoms with Crippen LogP contribution >= 0.6 is 23.2 Å². The highest BCUT2D eigenvalue weighted by Gasteiger charge is 2.06. The SMILES string of the molecule is N#CC(=Cc1cccc(Cl)c1Cl)c1ccccn1. The van der Waals surface area contributed by atoms with Gasteiger partial charge >= 0.3 is 0 Å². The number of benzene rings is 1.